The number of rotatable bonds is 4. The van der Waals surface area contributed by atoms with Gasteiger partial charge in [-0.05, 0) is 64.3 Å². The summed E-state index contributed by atoms with van der Waals surface area (Å²) in [6, 6.07) is 12.0. The molecular weight excluding hydrogens is 359 g/mol. The van der Waals surface area contributed by atoms with Crippen LogP contribution < -0.4 is 10.6 Å². The van der Waals surface area contributed by atoms with Crippen molar-refractivity contribution in [3.05, 3.63) is 59.4 Å². The van der Waals surface area contributed by atoms with Gasteiger partial charge in [0, 0.05) is 5.69 Å². The summed E-state index contributed by atoms with van der Waals surface area (Å²) in [6.45, 7) is 7.16. The first-order valence-electron chi connectivity index (χ1n) is 9.27. The van der Waals surface area contributed by atoms with Crippen molar-refractivity contribution in [2.45, 2.75) is 51.6 Å². The molecule has 2 aromatic rings. The molecule has 2 aromatic carbocycles. The Hall–Kier alpha value is -2.89. The number of hydrogen-bond donors (Lipinski definition) is 2. The third-order valence-corrected chi connectivity index (χ3v) is 4.62. The molecule has 0 aromatic heterocycles. The molecular formula is C22H25FN2O3. The Morgan fingerprint density at radius 1 is 1.07 bits per heavy atom. The molecule has 6 heteroatoms. The summed E-state index contributed by atoms with van der Waals surface area (Å²) in [5.41, 5.74) is 1.21. The number of carbonyl (C=O) groups excluding carboxylic acids is 2. The lowest BCUT2D eigenvalue weighted by atomic mass is 9.93. The van der Waals surface area contributed by atoms with Crippen molar-refractivity contribution in [3.8, 4) is 0 Å². The lowest BCUT2D eigenvalue weighted by Gasteiger charge is -2.20. The molecule has 0 saturated heterocycles. The first-order chi connectivity index (χ1) is 13.1. The molecule has 2 N–H and O–H groups in total. The summed E-state index contributed by atoms with van der Waals surface area (Å²) < 4.78 is 19.2. The Bertz CT molecular complexity index is 914. The maximum Gasteiger partial charge on any atom is 0.412 e. The third-order valence-electron chi connectivity index (χ3n) is 4.62. The van der Waals surface area contributed by atoms with Gasteiger partial charge in [-0.3, -0.25) is 10.1 Å². The first-order valence-corrected chi connectivity index (χ1v) is 9.27. The maximum absolute atomic E-state index is 14.1. The van der Waals surface area contributed by atoms with E-state index in [2.05, 4.69) is 10.6 Å². The summed E-state index contributed by atoms with van der Waals surface area (Å²) in [6.07, 6.45) is 0.784. The van der Waals surface area contributed by atoms with Crippen molar-refractivity contribution >= 4 is 23.4 Å². The topological polar surface area (TPSA) is 67.4 Å². The predicted octanol–water partition coefficient (Wildman–Crippen LogP) is 5.15. The fourth-order valence-corrected chi connectivity index (χ4v) is 3.08. The van der Waals surface area contributed by atoms with Crippen molar-refractivity contribution in [1.29, 1.82) is 0 Å². The number of amides is 2. The van der Waals surface area contributed by atoms with Crippen LogP contribution in [0.3, 0.4) is 0 Å². The molecule has 1 saturated carbocycles. The second kappa shape index (κ2) is 7.26. The highest BCUT2D eigenvalue weighted by Crippen LogP contribution is 2.49. The number of anilines is 2. The van der Waals surface area contributed by atoms with Crippen molar-refractivity contribution in [1.82, 2.24) is 0 Å². The molecule has 0 unspecified atom stereocenters. The Labute approximate surface area is 164 Å². The molecule has 0 bridgehead atoms. The average molecular weight is 384 g/mol. The molecule has 148 valence electrons. The van der Waals surface area contributed by atoms with E-state index >= 15 is 0 Å². The zero-order chi connectivity index (χ0) is 20.5. The molecule has 1 aliphatic rings. The number of ether oxygens (including phenoxy) is 1. The van der Waals surface area contributed by atoms with Crippen molar-refractivity contribution in [2.75, 3.05) is 10.6 Å². The normalized spacial score (nSPS) is 14.9. The van der Waals surface area contributed by atoms with E-state index < -0.39 is 22.9 Å². The standard InChI is InChI=1S/C22H25FN2O3/c1-14-6-5-7-15(12-14)22(10-11-22)19(26)24-16-8-9-17(23)18(13-16)25-20(27)28-21(2,3)4/h5-9,12-13H,10-11H2,1-4H3,(H,24,26)(H,25,27). The lowest BCUT2D eigenvalue weighted by molar-refractivity contribution is -0.118. The van der Waals surface area contributed by atoms with Crippen LogP contribution >= 0.6 is 0 Å². The Kier molecular flexibility index (Phi) is 5.15. The van der Waals surface area contributed by atoms with Gasteiger partial charge in [-0.2, -0.15) is 0 Å². The van der Waals surface area contributed by atoms with Crippen LogP contribution in [-0.2, 0) is 14.9 Å². The number of nitrogens with one attached hydrogen (secondary N) is 2. The van der Waals surface area contributed by atoms with Crippen LogP contribution in [-0.4, -0.2) is 17.6 Å². The van der Waals surface area contributed by atoms with Crippen molar-refractivity contribution < 1.29 is 18.7 Å². The summed E-state index contributed by atoms with van der Waals surface area (Å²) >= 11 is 0. The molecule has 2 amide bonds. The molecule has 0 aliphatic heterocycles. The van der Waals surface area contributed by atoms with Crippen LogP contribution in [0.15, 0.2) is 42.5 Å². The van der Waals surface area contributed by atoms with Crippen molar-refractivity contribution in [2.24, 2.45) is 0 Å². The number of benzene rings is 2. The Morgan fingerprint density at radius 3 is 2.39 bits per heavy atom. The van der Waals surface area contributed by atoms with Crippen LogP contribution in [0.1, 0.15) is 44.7 Å². The summed E-state index contributed by atoms with van der Waals surface area (Å²) in [7, 11) is 0. The van der Waals surface area contributed by atoms with Crippen LogP contribution in [0, 0.1) is 12.7 Å². The highest BCUT2D eigenvalue weighted by Gasteiger charge is 2.51. The number of carbonyl (C=O) groups is 2. The van der Waals surface area contributed by atoms with Crippen LogP contribution in [0.4, 0.5) is 20.6 Å². The van der Waals surface area contributed by atoms with Crippen molar-refractivity contribution in [3.63, 3.8) is 0 Å². The minimum Gasteiger partial charge on any atom is -0.444 e. The average Bonchev–Trinajstić information content (AvgIpc) is 3.38. The van der Waals surface area contributed by atoms with Gasteiger partial charge < -0.3 is 10.1 Å². The van der Waals surface area contributed by atoms with Gasteiger partial charge in [0.1, 0.15) is 11.4 Å². The Morgan fingerprint density at radius 2 is 1.79 bits per heavy atom. The predicted molar refractivity (Wildman–Crippen MR) is 107 cm³/mol. The van der Waals surface area contributed by atoms with Crippen LogP contribution in [0.5, 0.6) is 0 Å². The van der Waals surface area contributed by atoms with Gasteiger partial charge in [-0.15, -0.1) is 0 Å². The molecule has 5 nitrogen and oxygen atoms in total. The van der Waals surface area contributed by atoms with E-state index in [-0.39, 0.29) is 11.6 Å². The van der Waals surface area contributed by atoms with E-state index in [1.54, 1.807) is 20.8 Å². The number of hydrogen-bond acceptors (Lipinski definition) is 3. The molecule has 1 aliphatic carbocycles. The van der Waals surface area contributed by atoms with E-state index in [4.69, 9.17) is 4.74 Å². The zero-order valence-electron chi connectivity index (χ0n) is 16.6. The van der Waals surface area contributed by atoms with Gasteiger partial charge in [0.05, 0.1) is 11.1 Å². The molecule has 0 spiro atoms. The quantitative estimate of drug-likeness (QED) is 0.766. The zero-order valence-corrected chi connectivity index (χ0v) is 16.6. The van der Waals surface area contributed by atoms with Gasteiger partial charge in [0.25, 0.3) is 0 Å². The highest BCUT2D eigenvalue weighted by atomic mass is 19.1. The summed E-state index contributed by atoms with van der Waals surface area (Å²) in [5.74, 6) is -0.739. The fraction of sp³-hybridized carbons (Fsp3) is 0.364. The van der Waals surface area contributed by atoms with Crippen LogP contribution in [0.25, 0.3) is 0 Å². The smallest absolute Gasteiger partial charge is 0.412 e. The number of aryl methyl sites for hydroxylation is 1. The Balaban J connectivity index is 1.74. The first kappa shape index (κ1) is 19.9. The molecule has 1 fully saturated rings. The molecule has 0 radical (unpaired) electrons. The van der Waals surface area contributed by atoms with Gasteiger partial charge in [-0.1, -0.05) is 29.8 Å². The van der Waals surface area contributed by atoms with E-state index in [0.717, 1.165) is 24.0 Å². The van der Waals surface area contributed by atoms with E-state index in [1.807, 2.05) is 31.2 Å². The number of halogens is 1. The fourth-order valence-electron chi connectivity index (χ4n) is 3.08. The summed E-state index contributed by atoms with van der Waals surface area (Å²) in [5, 5.41) is 5.24. The highest BCUT2D eigenvalue weighted by molar-refractivity contribution is 6.02. The SMILES string of the molecule is Cc1cccc(C2(C(=O)Nc3ccc(F)c(NC(=O)OC(C)(C)C)c3)CC2)c1. The molecule has 3 rings (SSSR count). The molecule has 28 heavy (non-hydrogen) atoms. The lowest BCUT2D eigenvalue weighted by Crippen LogP contribution is -2.28. The van der Waals surface area contributed by atoms with Gasteiger partial charge in [0.2, 0.25) is 5.91 Å². The van der Waals surface area contributed by atoms with E-state index in [9.17, 15) is 14.0 Å². The van der Waals surface area contributed by atoms with Crippen LogP contribution in [0.2, 0.25) is 0 Å². The molecule has 0 atom stereocenters. The second-order valence-electron chi connectivity index (χ2n) is 8.23. The maximum atomic E-state index is 14.1. The minimum absolute atomic E-state index is 0.0487. The molecule has 0 heterocycles. The minimum atomic E-state index is -0.756. The van der Waals surface area contributed by atoms with Gasteiger partial charge in [-0.25, -0.2) is 9.18 Å². The third kappa shape index (κ3) is 4.50. The monoisotopic (exact) mass is 384 g/mol. The van der Waals surface area contributed by atoms with Gasteiger partial charge >= 0.3 is 6.09 Å². The second-order valence-corrected chi connectivity index (χ2v) is 8.23. The van der Waals surface area contributed by atoms with E-state index in [1.165, 1.54) is 18.2 Å². The van der Waals surface area contributed by atoms with Gasteiger partial charge in [0.15, 0.2) is 0 Å². The largest absolute Gasteiger partial charge is 0.444 e. The van der Waals surface area contributed by atoms with E-state index in [0.29, 0.717) is 5.69 Å². The summed E-state index contributed by atoms with van der Waals surface area (Å²) in [4.78, 5) is 24.8.